The van der Waals surface area contributed by atoms with E-state index in [-0.39, 0.29) is 11.9 Å². The quantitative estimate of drug-likeness (QED) is 0.729. The SMILES string of the molecule is CN1CCc2ccccc2[C@H]1C(=O)N1CCC1. The third-order valence-electron chi connectivity index (χ3n) is 3.93. The number of carbonyl (C=O) groups excluding carboxylic acids is 1. The molecule has 1 atom stereocenters. The van der Waals surface area contributed by atoms with Gasteiger partial charge in [0.15, 0.2) is 0 Å². The number of likely N-dealkylation sites (tertiary alicyclic amines) is 1. The Labute approximate surface area is 102 Å². The normalized spacial score (nSPS) is 24.1. The van der Waals surface area contributed by atoms with Crippen LogP contribution in [-0.2, 0) is 11.2 Å². The van der Waals surface area contributed by atoms with Crippen LogP contribution >= 0.6 is 0 Å². The maximum Gasteiger partial charge on any atom is 0.244 e. The van der Waals surface area contributed by atoms with Crippen LogP contribution in [0.3, 0.4) is 0 Å². The predicted octanol–water partition coefficient (Wildman–Crippen LogP) is 1.45. The van der Waals surface area contributed by atoms with Gasteiger partial charge in [-0.05, 0) is 31.0 Å². The third kappa shape index (κ3) is 1.75. The summed E-state index contributed by atoms with van der Waals surface area (Å²) in [6.45, 7) is 2.85. The summed E-state index contributed by atoms with van der Waals surface area (Å²) in [5, 5.41) is 0. The molecule has 1 aromatic rings. The Morgan fingerprint density at radius 2 is 2.00 bits per heavy atom. The third-order valence-corrected chi connectivity index (χ3v) is 3.93. The van der Waals surface area contributed by atoms with Gasteiger partial charge in [0, 0.05) is 19.6 Å². The molecule has 3 heteroatoms. The van der Waals surface area contributed by atoms with E-state index in [4.69, 9.17) is 0 Å². The standard InChI is InChI=1S/C14H18N2O/c1-15-10-7-11-5-2-3-6-12(11)13(15)14(17)16-8-4-9-16/h2-3,5-6,13H,4,7-10H2,1H3/t13-/m0/s1. The Hall–Kier alpha value is -1.35. The van der Waals surface area contributed by atoms with Gasteiger partial charge in [0.1, 0.15) is 6.04 Å². The second-order valence-corrected chi connectivity index (χ2v) is 5.01. The van der Waals surface area contributed by atoms with Crippen molar-refractivity contribution >= 4 is 5.91 Å². The number of likely N-dealkylation sites (N-methyl/N-ethyl adjacent to an activating group) is 1. The summed E-state index contributed by atoms with van der Waals surface area (Å²) in [6, 6.07) is 8.30. The highest BCUT2D eigenvalue weighted by molar-refractivity contribution is 5.84. The molecule has 3 rings (SSSR count). The molecule has 17 heavy (non-hydrogen) atoms. The molecule has 3 nitrogen and oxygen atoms in total. The van der Waals surface area contributed by atoms with E-state index in [9.17, 15) is 4.79 Å². The molecule has 0 aromatic heterocycles. The fourth-order valence-corrected chi connectivity index (χ4v) is 2.72. The van der Waals surface area contributed by atoms with Crippen molar-refractivity contribution in [3.05, 3.63) is 35.4 Å². The van der Waals surface area contributed by atoms with E-state index < -0.39 is 0 Å². The molecule has 0 saturated carbocycles. The molecule has 0 N–H and O–H groups in total. The van der Waals surface area contributed by atoms with Crippen LogP contribution < -0.4 is 0 Å². The zero-order valence-electron chi connectivity index (χ0n) is 10.2. The predicted molar refractivity (Wildman–Crippen MR) is 66.7 cm³/mol. The summed E-state index contributed by atoms with van der Waals surface area (Å²) < 4.78 is 0. The van der Waals surface area contributed by atoms with Gasteiger partial charge in [-0.3, -0.25) is 9.69 Å². The van der Waals surface area contributed by atoms with Gasteiger partial charge in [-0.15, -0.1) is 0 Å². The van der Waals surface area contributed by atoms with Crippen molar-refractivity contribution in [2.24, 2.45) is 0 Å². The van der Waals surface area contributed by atoms with Crippen molar-refractivity contribution in [3.63, 3.8) is 0 Å². The Balaban J connectivity index is 1.94. The molecule has 1 saturated heterocycles. The van der Waals surface area contributed by atoms with Gasteiger partial charge in [-0.1, -0.05) is 24.3 Å². The molecule has 0 spiro atoms. The van der Waals surface area contributed by atoms with Gasteiger partial charge in [0.25, 0.3) is 0 Å². The summed E-state index contributed by atoms with van der Waals surface area (Å²) in [7, 11) is 2.05. The highest BCUT2D eigenvalue weighted by Gasteiger charge is 2.35. The van der Waals surface area contributed by atoms with Crippen molar-refractivity contribution in [2.75, 3.05) is 26.7 Å². The summed E-state index contributed by atoms with van der Waals surface area (Å²) in [4.78, 5) is 16.6. The van der Waals surface area contributed by atoms with Crippen LogP contribution in [0.5, 0.6) is 0 Å². The van der Waals surface area contributed by atoms with Gasteiger partial charge in [-0.25, -0.2) is 0 Å². The number of hydrogen-bond acceptors (Lipinski definition) is 2. The molecule has 0 unspecified atom stereocenters. The van der Waals surface area contributed by atoms with E-state index >= 15 is 0 Å². The molecule has 2 heterocycles. The van der Waals surface area contributed by atoms with E-state index in [1.165, 1.54) is 11.1 Å². The first kappa shape index (κ1) is 10.8. The minimum Gasteiger partial charge on any atom is -0.341 e. The molecular weight excluding hydrogens is 212 g/mol. The average molecular weight is 230 g/mol. The van der Waals surface area contributed by atoms with Crippen LogP contribution in [-0.4, -0.2) is 42.4 Å². The first-order valence-electron chi connectivity index (χ1n) is 6.34. The first-order valence-corrected chi connectivity index (χ1v) is 6.34. The molecule has 1 amide bonds. The lowest BCUT2D eigenvalue weighted by atomic mass is 9.91. The van der Waals surface area contributed by atoms with Crippen LogP contribution in [0.2, 0.25) is 0 Å². The van der Waals surface area contributed by atoms with Gasteiger partial charge >= 0.3 is 0 Å². The van der Waals surface area contributed by atoms with Crippen molar-refractivity contribution < 1.29 is 4.79 Å². The molecule has 2 aliphatic heterocycles. The van der Waals surface area contributed by atoms with Crippen LogP contribution in [0.4, 0.5) is 0 Å². The molecule has 2 aliphatic rings. The number of hydrogen-bond donors (Lipinski definition) is 0. The molecule has 90 valence electrons. The molecule has 0 bridgehead atoms. The first-order chi connectivity index (χ1) is 8.27. The maximum atomic E-state index is 12.4. The number of fused-ring (bicyclic) bond motifs is 1. The second-order valence-electron chi connectivity index (χ2n) is 5.01. The highest BCUT2D eigenvalue weighted by Crippen LogP contribution is 2.31. The van der Waals surface area contributed by atoms with E-state index in [1.54, 1.807) is 0 Å². The fourth-order valence-electron chi connectivity index (χ4n) is 2.72. The second kappa shape index (κ2) is 4.15. The number of rotatable bonds is 1. The number of nitrogens with zero attached hydrogens (tertiary/aromatic N) is 2. The topological polar surface area (TPSA) is 23.6 Å². The highest BCUT2D eigenvalue weighted by atomic mass is 16.2. The van der Waals surface area contributed by atoms with Gasteiger partial charge < -0.3 is 4.90 Å². The zero-order chi connectivity index (χ0) is 11.8. The minimum atomic E-state index is -0.0553. The minimum absolute atomic E-state index is 0.0553. The number of carbonyl (C=O) groups is 1. The molecular formula is C14H18N2O. The van der Waals surface area contributed by atoms with Crippen LogP contribution in [0, 0.1) is 0 Å². The smallest absolute Gasteiger partial charge is 0.244 e. The van der Waals surface area contributed by atoms with Gasteiger partial charge in [0.2, 0.25) is 5.91 Å². The number of benzene rings is 1. The monoisotopic (exact) mass is 230 g/mol. The summed E-state index contributed by atoms with van der Waals surface area (Å²) in [5.74, 6) is 0.283. The van der Waals surface area contributed by atoms with E-state index in [1.807, 2.05) is 11.0 Å². The largest absolute Gasteiger partial charge is 0.341 e. The average Bonchev–Trinajstić information content (AvgIpc) is 2.26. The number of amides is 1. The maximum absolute atomic E-state index is 12.4. The zero-order valence-corrected chi connectivity index (χ0v) is 10.2. The van der Waals surface area contributed by atoms with Crippen LogP contribution in [0.15, 0.2) is 24.3 Å². The van der Waals surface area contributed by atoms with Crippen LogP contribution in [0.1, 0.15) is 23.6 Å². The van der Waals surface area contributed by atoms with E-state index in [0.717, 1.165) is 32.5 Å². The summed E-state index contributed by atoms with van der Waals surface area (Å²) in [5.41, 5.74) is 2.54. The van der Waals surface area contributed by atoms with E-state index in [0.29, 0.717) is 0 Å². The van der Waals surface area contributed by atoms with Gasteiger partial charge in [-0.2, -0.15) is 0 Å². The van der Waals surface area contributed by atoms with Crippen molar-refractivity contribution in [1.29, 1.82) is 0 Å². The molecule has 0 aliphatic carbocycles. The molecule has 0 radical (unpaired) electrons. The summed E-state index contributed by atoms with van der Waals surface area (Å²) in [6.07, 6.45) is 2.21. The Kier molecular flexibility index (Phi) is 2.63. The Bertz CT molecular complexity index is 440. The van der Waals surface area contributed by atoms with Crippen molar-refractivity contribution in [3.8, 4) is 0 Å². The Morgan fingerprint density at radius 3 is 2.71 bits per heavy atom. The van der Waals surface area contributed by atoms with Crippen molar-refractivity contribution in [1.82, 2.24) is 9.80 Å². The Morgan fingerprint density at radius 1 is 1.24 bits per heavy atom. The van der Waals surface area contributed by atoms with Crippen molar-refractivity contribution in [2.45, 2.75) is 18.9 Å². The van der Waals surface area contributed by atoms with Gasteiger partial charge in [0.05, 0.1) is 0 Å². The lowest BCUT2D eigenvalue weighted by Gasteiger charge is -2.40. The summed E-state index contributed by atoms with van der Waals surface area (Å²) >= 11 is 0. The van der Waals surface area contributed by atoms with E-state index in [2.05, 4.69) is 30.1 Å². The lowest BCUT2D eigenvalue weighted by molar-refractivity contribution is -0.140. The lowest BCUT2D eigenvalue weighted by Crippen LogP contribution is -2.49. The van der Waals surface area contributed by atoms with Crippen LogP contribution in [0.25, 0.3) is 0 Å². The fraction of sp³-hybridized carbons (Fsp3) is 0.500. The molecule has 1 fully saturated rings. The molecule has 1 aromatic carbocycles.